The summed E-state index contributed by atoms with van der Waals surface area (Å²) >= 11 is 5.97. The standard InChI is InChI=1S/C20H16ClFN2O3/c21-14-3-6-17-13(9-14)10-18(27-17)19(25)23-8-7-16-11-26-20(24-16)12-1-4-15(22)5-2-12/h1-6,9,11,18H,7-8,10H2,(H,23,25)/t18-/m0/s1. The van der Waals surface area contributed by atoms with Crippen LogP contribution in [0.15, 0.2) is 53.1 Å². The quantitative estimate of drug-likeness (QED) is 0.724. The Labute approximate surface area is 160 Å². The van der Waals surface area contributed by atoms with Crippen LogP contribution in [0.3, 0.4) is 0 Å². The van der Waals surface area contributed by atoms with E-state index >= 15 is 0 Å². The number of rotatable bonds is 5. The molecule has 1 atom stereocenters. The third kappa shape index (κ3) is 3.95. The number of hydrogen-bond donors (Lipinski definition) is 1. The summed E-state index contributed by atoms with van der Waals surface area (Å²) in [6.45, 7) is 0.408. The van der Waals surface area contributed by atoms with Gasteiger partial charge >= 0.3 is 0 Å². The van der Waals surface area contributed by atoms with Gasteiger partial charge in [-0.25, -0.2) is 9.37 Å². The number of halogens is 2. The summed E-state index contributed by atoms with van der Waals surface area (Å²) in [5.74, 6) is 0.624. The molecule has 0 radical (unpaired) electrons. The molecule has 0 unspecified atom stereocenters. The number of nitrogens with zero attached hydrogens (tertiary/aromatic N) is 1. The Hall–Kier alpha value is -2.86. The summed E-state index contributed by atoms with van der Waals surface area (Å²) in [6, 6.07) is 11.2. The molecule has 3 aromatic rings. The summed E-state index contributed by atoms with van der Waals surface area (Å²) in [7, 11) is 0. The molecule has 2 heterocycles. The number of aromatic nitrogens is 1. The van der Waals surface area contributed by atoms with Crippen LogP contribution in [-0.4, -0.2) is 23.5 Å². The molecule has 0 aliphatic carbocycles. The van der Waals surface area contributed by atoms with E-state index in [0.29, 0.717) is 47.3 Å². The van der Waals surface area contributed by atoms with Crippen LogP contribution in [0.2, 0.25) is 5.02 Å². The fourth-order valence-corrected chi connectivity index (χ4v) is 3.13. The first kappa shape index (κ1) is 17.5. The first-order valence-electron chi connectivity index (χ1n) is 8.51. The van der Waals surface area contributed by atoms with E-state index in [2.05, 4.69) is 10.3 Å². The lowest BCUT2D eigenvalue weighted by Crippen LogP contribution is -2.38. The van der Waals surface area contributed by atoms with Crippen molar-refractivity contribution in [1.29, 1.82) is 0 Å². The van der Waals surface area contributed by atoms with Crippen molar-refractivity contribution in [3.8, 4) is 17.2 Å². The molecule has 0 saturated heterocycles. The van der Waals surface area contributed by atoms with Gasteiger partial charge in [0, 0.05) is 30.0 Å². The fraction of sp³-hybridized carbons (Fsp3) is 0.200. The topological polar surface area (TPSA) is 64.4 Å². The second-order valence-electron chi connectivity index (χ2n) is 6.25. The molecule has 1 N–H and O–H groups in total. The number of nitrogens with one attached hydrogen (secondary N) is 1. The molecule has 138 valence electrons. The molecule has 0 fully saturated rings. The van der Waals surface area contributed by atoms with Crippen molar-refractivity contribution in [2.45, 2.75) is 18.9 Å². The molecule has 2 aromatic carbocycles. The van der Waals surface area contributed by atoms with Gasteiger partial charge in [-0.05, 0) is 48.0 Å². The number of hydrogen-bond acceptors (Lipinski definition) is 4. The predicted octanol–water partition coefficient (Wildman–Crippen LogP) is 3.80. The number of oxazole rings is 1. The predicted molar refractivity (Wildman–Crippen MR) is 98.2 cm³/mol. The van der Waals surface area contributed by atoms with Gasteiger partial charge < -0.3 is 14.5 Å². The number of carbonyl (C=O) groups excluding carboxylic acids is 1. The molecule has 4 rings (SSSR count). The Bertz CT molecular complexity index is 972. The second kappa shape index (κ2) is 7.40. The highest BCUT2D eigenvalue weighted by molar-refractivity contribution is 6.30. The van der Waals surface area contributed by atoms with Crippen molar-refractivity contribution in [2.75, 3.05) is 6.54 Å². The summed E-state index contributed by atoms with van der Waals surface area (Å²) in [6.07, 6.45) is 2.00. The normalized spacial score (nSPS) is 15.3. The molecule has 1 amide bonds. The van der Waals surface area contributed by atoms with Gasteiger partial charge in [-0.15, -0.1) is 0 Å². The van der Waals surface area contributed by atoms with Crippen LogP contribution in [0.25, 0.3) is 11.5 Å². The van der Waals surface area contributed by atoms with E-state index in [1.807, 2.05) is 6.07 Å². The summed E-state index contributed by atoms with van der Waals surface area (Å²) in [4.78, 5) is 16.7. The van der Waals surface area contributed by atoms with Gasteiger partial charge in [0.2, 0.25) is 5.89 Å². The Morgan fingerprint density at radius 1 is 1.26 bits per heavy atom. The maximum absolute atomic E-state index is 13.0. The second-order valence-corrected chi connectivity index (χ2v) is 6.69. The molecule has 0 bridgehead atoms. The summed E-state index contributed by atoms with van der Waals surface area (Å²) in [5.41, 5.74) is 2.34. The van der Waals surface area contributed by atoms with Gasteiger partial charge in [0.25, 0.3) is 5.91 Å². The number of benzene rings is 2. The van der Waals surface area contributed by atoms with E-state index in [9.17, 15) is 9.18 Å². The molecule has 5 nitrogen and oxygen atoms in total. The van der Waals surface area contributed by atoms with E-state index in [1.165, 1.54) is 18.4 Å². The SMILES string of the molecule is O=C(NCCc1coc(-c2ccc(F)cc2)n1)[C@@H]1Cc2cc(Cl)ccc2O1. The zero-order chi connectivity index (χ0) is 18.8. The third-order valence-corrected chi connectivity index (χ3v) is 4.55. The molecule has 1 aliphatic rings. The summed E-state index contributed by atoms with van der Waals surface area (Å²) < 4.78 is 24.1. The maximum Gasteiger partial charge on any atom is 0.261 e. The van der Waals surface area contributed by atoms with E-state index < -0.39 is 6.10 Å². The smallest absolute Gasteiger partial charge is 0.261 e. The maximum atomic E-state index is 13.0. The van der Waals surface area contributed by atoms with Gasteiger partial charge in [0.05, 0.1) is 5.69 Å². The minimum absolute atomic E-state index is 0.176. The van der Waals surface area contributed by atoms with Crippen LogP contribution in [-0.2, 0) is 17.6 Å². The fourth-order valence-electron chi connectivity index (χ4n) is 2.94. The zero-order valence-electron chi connectivity index (χ0n) is 14.2. The molecule has 7 heteroatoms. The largest absolute Gasteiger partial charge is 0.480 e. The van der Waals surface area contributed by atoms with E-state index in [1.54, 1.807) is 24.3 Å². The number of fused-ring (bicyclic) bond motifs is 1. The van der Waals surface area contributed by atoms with Crippen molar-refractivity contribution >= 4 is 17.5 Å². The highest BCUT2D eigenvalue weighted by Gasteiger charge is 2.28. The minimum Gasteiger partial charge on any atom is -0.480 e. The van der Waals surface area contributed by atoms with Crippen molar-refractivity contribution < 1.29 is 18.3 Å². The van der Waals surface area contributed by atoms with Crippen molar-refractivity contribution in [3.05, 3.63) is 70.8 Å². The average molecular weight is 387 g/mol. The van der Waals surface area contributed by atoms with E-state index in [0.717, 1.165) is 5.56 Å². The van der Waals surface area contributed by atoms with Gasteiger partial charge in [0.1, 0.15) is 17.8 Å². The van der Waals surface area contributed by atoms with Crippen LogP contribution < -0.4 is 10.1 Å². The number of carbonyl (C=O) groups is 1. The van der Waals surface area contributed by atoms with Gasteiger partial charge in [-0.3, -0.25) is 4.79 Å². The Kier molecular flexibility index (Phi) is 4.81. The molecule has 0 saturated carbocycles. The van der Waals surface area contributed by atoms with Gasteiger partial charge in [0.15, 0.2) is 6.10 Å². The highest BCUT2D eigenvalue weighted by atomic mass is 35.5. The van der Waals surface area contributed by atoms with Crippen LogP contribution in [0, 0.1) is 5.82 Å². The summed E-state index contributed by atoms with van der Waals surface area (Å²) in [5, 5.41) is 3.48. The number of ether oxygens (including phenoxy) is 1. The minimum atomic E-state index is -0.550. The van der Waals surface area contributed by atoms with Crippen LogP contribution in [0.5, 0.6) is 5.75 Å². The Morgan fingerprint density at radius 2 is 2.07 bits per heavy atom. The molecular weight excluding hydrogens is 371 g/mol. The van der Waals surface area contributed by atoms with E-state index in [-0.39, 0.29) is 11.7 Å². The average Bonchev–Trinajstić information content (AvgIpc) is 3.29. The lowest BCUT2D eigenvalue weighted by molar-refractivity contribution is -0.127. The van der Waals surface area contributed by atoms with Crippen molar-refractivity contribution in [1.82, 2.24) is 10.3 Å². The van der Waals surface area contributed by atoms with Crippen LogP contribution in [0.4, 0.5) is 4.39 Å². The Balaban J connectivity index is 1.29. The van der Waals surface area contributed by atoms with Crippen LogP contribution >= 0.6 is 11.6 Å². The first-order valence-corrected chi connectivity index (χ1v) is 8.89. The molecular formula is C20H16ClFN2O3. The van der Waals surface area contributed by atoms with Crippen molar-refractivity contribution in [3.63, 3.8) is 0 Å². The third-order valence-electron chi connectivity index (χ3n) is 4.31. The highest BCUT2D eigenvalue weighted by Crippen LogP contribution is 2.31. The monoisotopic (exact) mass is 386 g/mol. The molecule has 27 heavy (non-hydrogen) atoms. The zero-order valence-corrected chi connectivity index (χ0v) is 15.0. The molecule has 1 aliphatic heterocycles. The lowest BCUT2D eigenvalue weighted by Gasteiger charge is -2.10. The number of amides is 1. The van der Waals surface area contributed by atoms with Crippen LogP contribution in [0.1, 0.15) is 11.3 Å². The van der Waals surface area contributed by atoms with E-state index in [4.69, 9.17) is 20.8 Å². The first-order chi connectivity index (χ1) is 13.1. The Morgan fingerprint density at radius 3 is 2.89 bits per heavy atom. The lowest BCUT2D eigenvalue weighted by atomic mass is 10.1. The van der Waals surface area contributed by atoms with Gasteiger partial charge in [-0.1, -0.05) is 11.6 Å². The molecule has 1 aromatic heterocycles. The van der Waals surface area contributed by atoms with Gasteiger partial charge in [-0.2, -0.15) is 0 Å². The molecule has 0 spiro atoms. The van der Waals surface area contributed by atoms with Crippen molar-refractivity contribution in [2.24, 2.45) is 0 Å².